The summed E-state index contributed by atoms with van der Waals surface area (Å²) in [5.74, 6) is -1.63. The van der Waals surface area contributed by atoms with Gasteiger partial charge in [0.15, 0.2) is 18.5 Å². The zero-order valence-corrected chi connectivity index (χ0v) is 14.3. The average molecular weight is 332 g/mol. The summed E-state index contributed by atoms with van der Waals surface area (Å²) in [6, 6.07) is 0. The first kappa shape index (κ1) is 19.4. The standard InChI is InChI=1S/C15H24O8/c1-8(16)19-7-11-12(20-9(2)17)13(21-10(3)18)14(22-11)23-15(4,5)6/h11-14H,7H2,1-6H3/t11-,12-,13-,14?/m1/s1. The van der Waals surface area contributed by atoms with Crippen LogP contribution in [0.4, 0.5) is 0 Å². The molecular weight excluding hydrogens is 308 g/mol. The zero-order chi connectivity index (χ0) is 17.8. The molecule has 1 aliphatic heterocycles. The molecule has 0 saturated carbocycles. The van der Waals surface area contributed by atoms with Crippen molar-refractivity contribution in [1.82, 2.24) is 0 Å². The maximum absolute atomic E-state index is 11.4. The molecule has 1 rings (SSSR count). The average Bonchev–Trinajstić information content (AvgIpc) is 2.62. The van der Waals surface area contributed by atoms with Crippen molar-refractivity contribution in [2.24, 2.45) is 0 Å². The highest BCUT2D eigenvalue weighted by molar-refractivity contribution is 5.67. The quantitative estimate of drug-likeness (QED) is 0.542. The molecule has 0 amide bonds. The van der Waals surface area contributed by atoms with Gasteiger partial charge < -0.3 is 23.7 Å². The van der Waals surface area contributed by atoms with E-state index >= 15 is 0 Å². The van der Waals surface area contributed by atoms with Crippen molar-refractivity contribution < 1.29 is 38.1 Å². The summed E-state index contributed by atoms with van der Waals surface area (Å²) in [4.78, 5) is 33.7. The van der Waals surface area contributed by atoms with Gasteiger partial charge in [-0.25, -0.2) is 0 Å². The summed E-state index contributed by atoms with van der Waals surface area (Å²) in [6.45, 7) is 8.99. The molecule has 1 unspecified atom stereocenters. The predicted octanol–water partition coefficient (Wildman–Crippen LogP) is 0.953. The third kappa shape index (κ3) is 6.54. The third-order valence-corrected chi connectivity index (χ3v) is 2.79. The van der Waals surface area contributed by atoms with Crippen LogP contribution in [0.25, 0.3) is 0 Å². The van der Waals surface area contributed by atoms with Crippen LogP contribution in [-0.2, 0) is 38.1 Å². The molecule has 1 heterocycles. The molecule has 1 saturated heterocycles. The molecule has 0 aromatic rings. The second kappa shape index (κ2) is 7.74. The van der Waals surface area contributed by atoms with Gasteiger partial charge in [-0.15, -0.1) is 0 Å². The number of hydrogen-bond donors (Lipinski definition) is 0. The van der Waals surface area contributed by atoms with Crippen molar-refractivity contribution in [3.8, 4) is 0 Å². The molecule has 8 nitrogen and oxygen atoms in total. The second-order valence-electron chi connectivity index (χ2n) is 6.22. The van der Waals surface area contributed by atoms with Gasteiger partial charge in [0.2, 0.25) is 0 Å². The van der Waals surface area contributed by atoms with Gasteiger partial charge in [0.05, 0.1) is 5.60 Å². The van der Waals surface area contributed by atoms with Crippen molar-refractivity contribution in [3.63, 3.8) is 0 Å². The number of ether oxygens (including phenoxy) is 5. The molecular formula is C15H24O8. The molecule has 0 N–H and O–H groups in total. The predicted molar refractivity (Wildman–Crippen MR) is 77.2 cm³/mol. The zero-order valence-electron chi connectivity index (χ0n) is 14.3. The third-order valence-electron chi connectivity index (χ3n) is 2.79. The van der Waals surface area contributed by atoms with E-state index in [-0.39, 0.29) is 6.61 Å². The minimum Gasteiger partial charge on any atom is -0.463 e. The van der Waals surface area contributed by atoms with E-state index in [2.05, 4.69) is 0 Å². The van der Waals surface area contributed by atoms with Crippen molar-refractivity contribution in [1.29, 1.82) is 0 Å². The van der Waals surface area contributed by atoms with Crippen LogP contribution < -0.4 is 0 Å². The van der Waals surface area contributed by atoms with Crippen LogP contribution in [0.3, 0.4) is 0 Å². The minimum atomic E-state index is -0.948. The Morgan fingerprint density at radius 3 is 1.87 bits per heavy atom. The molecule has 0 aliphatic carbocycles. The van der Waals surface area contributed by atoms with Crippen LogP contribution in [0.5, 0.6) is 0 Å². The Kier molecular flexibility index (Phi) is 6.52. The molecule has 0 aromatic heterocycles. The normalized spacial score (nSPS) is 27.4. The fourth-order valence-electron chi connectivity index (χ4n) is 2.12. The summed E-state index contributed by atoms with van der Waals surface area (Å²) in [5.41, 5.74) is -0.583. The van der Waals surface area contributed by atoms with E-state index in [1.165, 1.54) is 20.8 Å². The van der Waals surface area contributed by atoms with Gasteiger partial charge in [-0.3, -0.25) is 14.4 Å². The lowest BCUT2D eigenvalue weighted by molar-refractivity contribution is -0.223. The van der Waals surface area contributed by atoms with Gasteiger partial charge in [-0.1, -0.05) is 0 Å². The minimum absolute atomic E-state index is 0.144. The lowest BCUT2D eigenvalue weighted by atomic mass is 10.1. The summed E-state index contributed by atoms with van der Waals surface area (Å²) in [5, 5.41) is 0. The van der Waals surface area contributed by atoms with Gasteiger partial charge >= 0.3 is 17.9 Å². The van der Waals surface area contributed by atoms with Gasteiger partial charge in [0.1, 0.15) is 12.7 Å². The molecule has 1 aliphatic rings. The maximum atomic E-state index is 11.4. The van der Waals surface area contributed by atoms with E-state index in [1.807, 2.05) is 0 Å². The molecule has 4 atom stereocenters. The first-order valence-electron chi connectivity index (χ1n) is 7.30. The smallest absolute Gasteiger partial charge is 0.303 e. The largest absolute Gasteiger partial charge is 0.463 e. The number of rotatable bonds is 5. The van der Waals surface area contributed by atoms with E-state index in [9.17, 15) is 14.4 Å². The second-order valence-corrected chi connectivity index (χ2v) is 6.22. The summed E-state index contributed by atoms with van der Waals surface area (Å²) < 4.78 is 26.7. The lowest BCUT2D eigenvalue weighted by Crippen LogP contribution is -2.43. The Morgan fingerprint density at radius 2 is 1.43 bits per heavy atom. The summed E-state index contributed by atoms with van der Waals surface area (Å²) in [7, 11) is 0. The fraction of sp³-hybridized carbons (Fsp3) is 0.800. The first-order chi connectivity index (χ1) is 10.5. The van der Waals surface area contributed by atoms with Gasteiger partial charge in [-0.05, 0) is 20.8 Å². The molecule has 23 heavy (non-hydrogen) atoms. The number of carbonyl (C=O) groups is 3. The Morgan fingerprint density at radius 1 is 0.913 bits per heavy atom. The van der Waals surface area contributed by atoms with Crippen LogP contribution in [0.1, 0.15) is 41.5 Å². The molecule has 132 valence electrons. The van der Waals surface area contributed by atoms with Gasteiger partial charge in [-0.2, -0.15) is 0 Å². The Balaban J connectivity index is 2.98. The highest BCUT2D eigenvalue weighted by atomic mass is 16.7. The lowest BCUT2D eigenvalue weighted by Gasteiger charge is -2.28. The monoisotopic (exact) mass is 332 g/mol. The van der Waals surface area contributed by atoms with Crippen LogP contribution in [0.15, 0.2) is 0 Å². The van der Waals surface area contributed by atoms with Crippen LogP contribution >= 0.6 is 0 Å². The Labute approximate surface area is 135 Å². The van der Waals surface area contributed by atoms with Crippen molar-refractivity contribution in [3.05, 3.63) is 0 Å². The highest BCUT2D eigenvalue weighted by Gasteiger charge is 2.51. The van der Waals surface area contributed by atoms with Gasteiger partial charge in [0, 0.05) is 20.8 Å². The molecule has 0 aromatic carbocycles. The molecule has 1 fully saturated rings. The highest BCUT2D eigenvalue weighted by Crippen LogP contribution is 2.31. The van der Waals surface area contributed by atoms with Crippen molar-refractivity contribution in [2.75, 3.05) is 6.61 Å². The van der Waals surface area contributed by atoms with E-state index in [0.29, 0.717) is 0 Å². The van der Waals surface area contributed by atoms with E-state index in [1.54, 1.807) is 20.8 Å². The topological polar surface area (TPSA) is 97.4 Å². The SMILES string of the molecule is CC(=O)OC[C@H]1OC(OC(C)(C)C)[C@H](OC(C)=O)[C@@H]1OC(C)=O. The number of hydrogen-bond acceptors (Lipinski definition) is 8. The molecule has 8 heteroatoms. The summed E-state index contributed by atoms with van der Waals surface area (Å²) >= 11 is 0. The van der Waals surface area contributed by atoms with Crippen LogP contribution in [0, 0.1) is 0 Å². The van der Waals surface area contributed by atoms with E-state index in [4.69, 9.17) is 23.7 Å². The van der Waals surface area contributed by atoms with Crippen LogP contribution in [0.2, 0.25) is 0 Å². The van der Waals surface area contributed by atoms with Crippen LogP contribution in [-0.4, -0.2) is 54.7 Å². The first-order valence-corrected chi connectivity index (χ1v) is 7.30. The molecule has 0 bridgehead atoms. The number of esters is 3. The molecule has 0 spiro atoms. The molecule has 0 radical (unpaired) electrons. The van der Waals surface area contributed by atoms with E-state index in [0.717, 1.165) is 0 Å². The van der Waals surface area contributed by atoms with E-state index < -0.39 is 48.1 Å². The maximum Gasteiger partial charge on any atom is 0.303 e. The fourth-order valence-corrected chi connectivity index (χ4v) is 2.12. The summed E-state index contributed by atoms with van der Waals surface area (Å²) in [6.07, 6.45) is -3.61. The van der Waals surface area contributed by atoms with Crippen molar-refractivity contribution >= 4 is 17.9 Å². The Bertz CT molecular complexity index is 453. The van der Waals surface area contributed by atoms with Gasteiger partial charge in [0.25, 0.3) is 0 Å². The number of carbonyl (C=O) groups excluding carboxylic acids is 3. The Hall–Kier alpha value is -1.67. The van der Waals surface area contributed by atoms with Crippen molar-refractivity contribution in [2.45, 2.75) is 71.7 Å².